The van der Waals surface area contributed by atoms with Crippen LogP contribution in [0.2, 0.25) is 0 Å². The first kappa shape index (κ1) is 17.3. The van der Waals surface area contributed by atoms with Gasteiger partial charge >= 0.3 is 0 Å². The Balaban J connectivity index is 1.58. The molecule has 1 amide bonds. The molecule has 0 bridgehead atoms. The molecule has 1 saturated heterocycles. The molecule has 1 aromatic heterocycles. The van der Waals surface area contributed by atoms with E-state index in [4.69, 9.17) is 9.72 Å². The summed E-state index contributed by atoms with van der Waals surface area (Å²) in [5.74, 6) is 2.09. The fourth-order valence-corrected chi connectivity index (χ4v) is 3.69. The van der Waals surface area contributed by atoms with E-state index in [2.05, 4.69) is 17.2 Å². The molecule has 0 unspecified atom stereocenters. The summed E-state index contributed by atoms with van der Waals surface area (Å²) in [7, 11) is 0. The van der Waals surface area contributed by atoms with Crippen LogP contribution in [-0.2, 0) is 11.3 Å². The van der Waals surface area contributed by atoms with Crippen LogP contribution in [0, 0.1) is 0 Å². The molecule has 1 atom stereocenters. The van der Waals surface area contributed by atoms with Gasteiger partial charge in [0.05, 0.1) is 17.6 Å². The lowest BCUT2D eigenvalue weighted by Gasteiger charge is -2.16. The monoisotopic (exact) mass is 361 g/mol. The summed E-state index contributed by atoms with van der Waals surface area (Å²) in [5.41, 5.74) is 2.04. The van der Waals surface area contributed by atoms with Crippen molar-refractivity contribution in [2.45, 2.75) is 18.9 Å². The molecule has 4 rings (SSSR count). The van der Waals surface area contributed by atoms with Crippen molar-refractivity contribution in [1.29, 1.82) is 0 Å². The second-order valence-electron chi connectivity index (χ2n) is 6.76. The zero-order valence-electron chi connectivity index (χ0n) is 15.3. The standard InChI is InChI=1S/C22H23N3O2/c1-2-12-24-16-17(15-21(24)26)22-23-19-10-6-7-11-20(19)25(22)13-14-27-18-8-4-3-5-9-18/h2-11,17H,1,12-16H2/t17-/m1/s1. The number of amides is 1. The van der Waals surface area contributed by atoms with E-state index < -0.39 is 0 Å². The number of rotatable bonds is 7. The number of carbonyl (C=O) groups excluding carboxylic acids is 1. The topological polar surface area (TPSA) is 47.4 Å². The van der Waals surface area contributed by atoms with Crippen molar-refractivity contribution < 1.29 is 9.53 Å². The zero-order valence-corrected chi connectivity index (χ0v) is 15.3. The largest absolute Gasteiger partial charge is 0.492 e. The Morgan fingerprint density at radius 3 is 2.74 bits per heavy atom. The highest BCUT2D eigenvalue weighted by Gasteiger charge is 2.33. The molecule has 0 aliphatic carbocycles. The van der Waals surface area contributed by atoms with Gasteiger partial charge in [-0.2, -0.15) is 0 Å². The molecule has 27 heavy (non-hydrogen) atoms. The minimum Gasteiger partial charge on any atom is -0.492 e. The highest BCUT2D eigenvalue weighted by molar-refractivity contribution is 5.81. The maximum Gasteiger partial charge on any atom is 0.223 e. The fraction of sp³-hybridized carbons (Fsp3) is 0.273. The molecule has 1 aliphatic rings. The lowest BCUT2D eigenvalue weighted by molar-refractivity contribution is -0.127. The summed E-state index contributed by atoms with van der Waals surface area (Å²) < 4.78 is 8.09. The van der Waals surface area contributed by atoms with Gasteiger partial charge in [-0.15, -0.1) is 6.58 Å². The number of aromatic nitrogens is 2. The number of hydrogen-bond acceptors (Lipinski definition) is 3. The molecule has 0 radical (unpaired) electrons. The average molecular weight is 361 g/mol. The quantitative estimate of drug-likeness (QED) is 0.604. The number of likely N-dealkylation sites (tertiary alicyclic amines) is 1. The maximum atomic E-state index is 12.3. The first-order valence-electron chi connectivity index (χ1n) is 9.28. The molecular weight excluding hydrogens is 338 g/mol. The first-order valence-corrected chi connectivity index (χ1v) is 9.28. The molecular formula is C22H23N3O2. The highest BCUT2D eigenvalue weighted by Crippen LogP contribution is 2.30. The number of fused-ring (bicyclic) bond motifs is 1. The van der Waals surface area contributed by atoms with Crippen molar-refractivity contribution in [1.82, 2.24) is 14.5 Å². The minimum absolute atomic E-state index is 0.0987. The molecule has 2 aromatic carbocycles. The smallest absolute Gasteiger partial charge is 0.223 e. The van der Waals surface area contributed by atoms with Crippen molar-refractivity contribution in [3.8, 4) is 5.75 Å². The summed E-state index contributed by atoms with van der Waals surface area (Å²) in [4.78, 5) is 19.0. The van der Waals surface area contributed by atoms with Gasteiger partial charge in [0, 0.05) is 25.4 Å². The van der Waals surface area contributed by atoms with Crippen LogP contribution in [0.15, 0.2) is 67.3 Å². The van der Waals surface area contributed by atoms with E-state index in [-0.39, 0.29) is 11.8 Å². The Morgan fingerprint density at radius 2 is 1.93 bits per heavy atom. The van der Waals surface area contributed by atoms with Crippen LogP contribution < -0.4 is 4.74 Å². The van der Waals surface area contributed by atoms with E-state index in [1.165, 1.54) is 0 Å². The minimum atomic E-state index is 0.0987. The van der Waals surface area contributed by atoms with Gasteiger partial charge in [-0.1, -0.05) is 36.4 Å². The van der Waals surface area contributed by atoms with Gasteiger partial charge in [0.15, 0.2) is 0 Å². The van der Waals surface area contributed by atoms with Crippen LogP contribution in [0.1, 0.15) is 18.2 Å². The molecule has 3 aromatic rings. The molecule has 2 heterocycles. The van der Waals surface area contributed by atoms with Gasteiger partial charge < -0.3 is 14.2 Å². The third kappa shape index (κ3) is 3.58. The Labute approximate surface area is 158 Å². The Kier molecular flexibility index (Phi) is 4.92. The van der Waals surface area contributed by atoms with Crippen LogP contribution in [0.25, 0.3) is 11.0 Å². The number of hydrogen-bond donors (Lipinski definition) is 0. The molecule has 138 valence electrons. The molecule has 0 N–H and O–H groups in total. The summed E-state index contributed by atoms with van der Waals surface area (Å²) in [6.45, 7) is 6.27. The molecule has 1 aliphatic heterocycles. The number of imidazole rings is 1. The summed E-state index contributed by atoms with van der Waals surface area (Å²) in [6, 6.07) is 17.9. The van der Waals surface area contributed by atoms with Gasteiger partial charge in [-0.05, 0) is 24.3 Å². The Hall–Kier alpha value is -3.08. The Morgan fingerprint density at radius 1 is 1.15 bits per heavy atom. The number of carbonyl (C=O) groups is 1. The van der Waals surface area contributed by atoms with Gasteiger partial charge in [0.1, 0.15) is 18.2 Å². The number of benzene rings is 2. The SMILES string of the molecule is C=CCN1C[C@H](c2nc3ccccc3n2CCOc2ccccc2)CC1=O. The van der Waals surface area contributed by atoms with Gasteiger partial charge in [-0.25, -0.2) is 4.98 Å². The highest BCUT2D eigenvalue weighted by atomic mass is 16.5. The second-order valence-corrected chi connectivity index (χ2v) is 6.76. The summed E-state index contributed by atoms with van der Waals surface area (Å²) in [6.07, 6.45) is 2.27. The first-order chi connectivity index (χ1) is 13.3. The van der Waals surface area contributed by atoms with Crippen molar-refractivity contribution >= 4 is 16.9 Å². The van der Waals surface area contributed by atoms with E-state index in [9.17, 15) is 4.79 Å². The summed E-state index contributed by atoms with van der Waals surface area (Å²) in [5, 5.41) is 0. The van der Waals surface area contributed by atoms with Gasteiger partial charge in [0.25, 0.3) is 0 Å². The number of para-hydroxylation sites is 3. The van der Waals surface area contributed by atoms with Crippen LogP contribution in [-0.4, -0.2) is 40.1 Å². The zero-order chi connectivity index (χ0) is 18.6. The molecule has 5 heteroatoms. The van der Waals surface area contributed by atoms with Crippen LogP contribution in [0.5, 0.6) is 5.75 Å². The molecule has 0 saturated carbocycles. The average Bonchev–Trinajstić information content (AvgIpc) is 3.24. The lowest BCUT2D eigenvalue weighted by atomic mass is 10.1. The third-order valence-corrected chi connectivity index (χ3v) is 4.94. The third-order valence-electron chi connectivity index (χ3n) is 4.94. The van der Waals surface area contributed by atoms with Gasteiger partial charge in [-0.3, -0.25) is 4.79 Å². The van der Waals surface area contributed by atoms with E-state index in [1.807, 2.05) is 53.4 Å². The fourth-order valence-electron chi connectivity index (χ4n) is 3.69. The van der Waals surface area contributed by atoms with Crippen LogP contribution in [0.4, 0.5) is 0 Å². The number of ether oxygens (including phenoxy) is 1. The second kappa shape index (κ2) is 7.66. The van der Waals surface area contributed by atoms with E-state index >= 15 is 0 Å². The predicted molar refractivity (Wildman–Crippen MR) is 106 cm³/mol. The van der Waals surface area contributed by atoms with E-state index in [0.29, 0.717) is 32.7 Å². The van der Waals surface area contributed by atoms with Gasteiger partial charge in [0.2, 0.25) is 5.91 Å². The number of nitrogens with zero attached hydrogens (tertiary/aromatic N) is 3. The van der Waals surface area contributed by atoms with Crippen molar-refractivity contribution in [3.63, 3.8) is 0 Å². The van der Waals surface area contributed by atoms with Crippen LogP contribution >= 0.6 is 0 Å². The normalized spacial score (nSPS) is 16.8. The van der Waals surface area contributed by atoms with Crippen molar-refractivity contribution in [2.75, 3.05) is 19.7 Å². The summed E-state index contributed by atoms with van der Waals surface area (Å²) >= 11 is 0. The van der Waals surface area contributed by atoms with E-state index in [1.54, 1.807) is 6.08 Å². The molecule has 0 spiro atoms. The molecule has 5 nitrogen and oxygen atoms in total. The maximum absolute atomic E-state index is 12.3. The Bertz CT molecular complexity index is 949. The van der Waals surface area contributed by atoms with Crippen molar-refractivity contribution in [3.05, 3.63) is 73.1 Å². The predicted octanol–water partition coefficient (Wildman–Crippen LogP) is 3.62. The van der Waals surface area contributed by atoms with Crippen LogP contribution in [0.3, 0.4) is 0 Å². The lowest BCUT2D eigenvalue weighted by Crippen LogP contribution is -2.25. The molecule has 1 fully saturated rings. The van der Waals surface area contributed by atoms with Crippen molar-refractivity contribution in [2.24, 2.45) is 0 Å². The van der Waals surface area contributed by atoms with E-state index in [0.717, 1.165) is 22.6 Å².